The number of ether oxygens (including phenoxy) is 1. The molecular formula is C20H32O3. The maximum Gasteiger partial charge on any atom is 0.332 e. The number of rotatable bonds is 13. The molecule has 0 aliphatic carbocycles. The smallest absolute Gasteiger partial charge is 0.332 e. The molecule has 0 bridgehead atoms. The van der Waals surface area contributed by atoms with E-state index in [1.54, 1.807) is 0 Å². The fraction of sp³-hybridized carbons (Fsp3) is 0.650. The van der Waals surface area contributed by atoms with Gasteiger partial charge in [-0.3, -0.25) is 0 Å². The lowest BCUT2D eigenvalue weighted by atomic mass is 9.97. The Kier molecular flexibility index (Phi) is 14.3. The van der Waals surface area contributed by atoms with Gasteiger partial charge in [0, 0.05) is 13.5 Å². The van der Waals surface area contributed by atoms with Crippen LogP contribution in [-0.2, 0) is 9.53 Å². The van der Waals surface area contributed by atoms with Gasteiger partial charge in [0.25, 0.3) is 0 Å². The average Bonchev–Trinajstić information content (AvgIpc) is 2.53. The van der Waals surface area contributed by atoms with Crippen LogP contribution >= 0.6 is 0 Å². The van der Waals surface area contributed by atoms with Crippen molar-refractivity contribution in [3.8, 4) is 11.8 Å². The Balaban J connectivity index is 3.62. The molecule has 0 fully saturated rings. The van der Waals surface area contributed by atoms with Crippen molar-refractivity contribution in [2.75, 3.05) is 7.11 Å². The summed E-state index contributed by atoms with van der Waals surface area (Å²) in [5.41, 5.74) is 0. The lowest BCUT2D eigenvalue weighted by Gasteiger charge is -2.09. The van der Waals surface area contributed by atoms with Gasteiger partial charge in [0.15, 0.2) is 6.10 Å². The molecule has 0 aromatic heterocycles. The average molecular weight is 320 g/mol. The molecule has 2 atom stereocenters. The van der Waals surface area contributed by atoms with Crippen molar-refractivity contribution in [1.82, 2.24) is 0 Å². The molecule has 0 saturated heterocycles. The predicted molar refractivity (Wildman–Crippen MR) is 96.3 cm³/mol. The molecule has 3 heteroatoms. The zero-order chi connectivity index (χ0) is 17.3. The minimum atomic E-state index is -0.927. The zero-order valence-corrected chi connectivity index (χ0v) is 14.7. The number of methoxy groups -OCH3 is 1. The standard InChI is InChI=1S/C20H32O3/c1-4-5-6-12-15-18(2)16-13-10-8-7-9-11-14-17-19(23-3)20(21)22/h4,7-8,18-19H,1,5-6,10,12-17H2,2-3H3,(H,21,22)/b8-7+. The highest BCUT2D eigenvalue weighted by Gasteiger charge is 2.14. The number of carbonyl (C=O) groups is 1. The van der Waals surface area contributed by atoms with Crippen LogP contribution in [0, 0.1) is 17.8 Å². The number of unbranched alkanes of at least 4 members (excludes halogenated alkanes) is 3. The normalized spacial score (nSPS) is 13.3. The van der Waals surface area contributed by atoms with E-state index in [-0.39, 0.29) is 0 Å². The third kappa shape index (κ3) is 13.8. The van der Waals surface area contributed by atoms with Crippen LogP contribution in [0.15, 0.2) is 24.8 Å². The SMILES string of the molecule is C=CCCCCC(C)CCC/C=C/C#CCCC(OC)C(=O)O. The van der Waals surface area contributed by atoms with Gasteiger partial charge in [-0.2, -0.15) is 0 Å². The first-order chi connectivity index (χ1) is 11.1. The summed E-state index contributed by atoms with van der Waals surface area (Å²) in [5.74, 6) is 5.77. The summed E-state index contributed by atoms with van der Waals surface area (Å²) < 4.78 is 4.85. The van der Waals surface area contributed by atoms with Crippen LogP contribution < -0.4 is 0 Å². The third-order valence-corrected chi connectivity index (χ3v) is 3.82. The summed E-state index contributed by atoms with van der Waals surface area (Å²) in [7, 11) is 1.41. The predicted octanol–water partition coefficient (Wildman–Crippen LogP) is 4.98. The summed E-state index contributed by atoms with van der Waals surface area (Å²) in [5, 5.41) is 8.81. The van der Waals surface area contributed by atoms with Gasteiger partial charge in [-0.05, 0) is 44.1 Å². The Morgan fingerprint density at radius 3 is 2.61 bits per heavy atom. The van der Waals surface area contributed by atoms with E-state index in [2.05, 4.69) is 31.4 Å². The molecule has 0 aliphatic heterocycles. The van der Waals surface area contributed by atoms with Crippen LogP contribution in [0.5, 0.6) is 0 Å². The Labute approximate surface area is 141 Å². The van der Waals surface area contributed by atoms with Gasteiger partial charge in [-0.25, -0.2) is 4.79 Å². The lowest BCUT2D eigenvalue weighted by molar-refractivity contribution is -0.148. The van der Waals surface area contributed by atoms with E-state index in [4.69, 9.17) is 9.84 Å². The van der Waals surface area contributed by atoms with Crippen molar-refractivity contribution in [1.29, 1.82) is 0 Å². The first-order valence-electron chi connectivity index (χ1n) is 8.61. The first-order valence-corrected chi connectivity index (χ1v) is 8.61. The fourth-order valence-electron chi connectivity index (χ4n) is 2.33. The topological polar surface area (TPSA) is 46.5 Å². The van der Waals surface area contributed by atoms with Gasteiger partial charge in [-0.15, -0.1) is 6.58 Å². The lowest BCUT2D eigenvalue weighted by Crippen LogP contribution is -2.21. The molecule has 23 heavy (non-hydrogen) atoms. The zero-order valence-electron chi connectivity index (χ0n) is 14.7. The van der Waals surface area contributed by atoms with Crippen LogP contribution in [0.25, 0.3) is 0 Å². The number of hydrogen-bond donors (Lipinski definition) is 1. The first kappa shape index (κ1) is 21.5. The van der Waals surface area contributed by atoms with Gasteiger partial charge in [0.2, 0.25) is 0 Å². The van der Waals surface area contributed by atoms with E-state index in [0.717, 1.165) is 18.8 Å². The van der Waals surface area contributed by atoms with Crippen molar-refractivity contribution < 1.29 is 14.6 Å². The molecule has 0 aliphatic rings. The Morgan fingerprint density at radius 2 is 1.96 bits per heavy atom. The van der Waals surface area contributed by atoms with Crippen molar-refractivity contribution in [2.45, 2.75) is 70.8 Å². The van der Waals surface area contributed by atoms with Gasteiger partial charge < -0.3 is 9.84 Å². The molecule has 0 heterocycles. The maximum absolute atomic E-state index is 10.7. The number of allylic oxidation sites excluding steroid dienone is 3. The van der Waals surface area contributed by atoms with Gasteiger partial charge in [0.1, 0.15) is 0 Å². The molecule has 0 aromatic carbocycles. The van der Waals surface area contributed by atoms with Crippen molar-refractivity contribution in [3.05, 3.63) is 24.8 Å². The molecule has 0 saturated carbocycles. The second-order valence-corrected chi connectivity index (χ2v) is 5.93. The highest BCUT2D eigenvalue weighted by atomic mass is 16.5. The molecule has 0 radical (unpaired) electrons. The van der Waals surface area contributed by atoms with E-state index in [9.17, 15) is 4.79 Å². The minimum absolute atomic E-state index is 0.427. The third-order valence-electron chi connectivity index (χ3n) is 3.82. The molecule has 0 amide bonds. The molecule has 0 spiro atoms. The Bertz CT molecular complexity index is 401. The molecule has 0 aromatic rings. The largest absolute Gasteiger partial charge is 0.479 e. The summed E-state index contributed by atoms with van der Waals surface area (Å²) >= 11 is 0. The summed E-state index contributed by atoms with van der Waals surface area (Å²) in [4.78, 5) is 10.7. The fourth-order valence-corrected chi connectivity index (χ4v) is 2.33. The van der Waals surface area contributed by atoms with Crippen LogP contribution in [0.1, 0.15) is 64.7 Å². The number of carboxylic acids is 1. The van der Waals surface area contributed by atoms with E-state index >= 15 is 0 Å². The Morgan fingerprint density at radius 1 is 1.22 bits per heavy atom. The van der Waals surface area contributed by atoms with E-state index in [1.807, 2.05) is 12.2 Å². The second-order valence-electron chi connectivity index (χ2n) is 5.93. The van der Waals surface area contributed by atoms with Gasteiger partial charge in [0.05, 0.1) is 0 Å². The number of aliphatic carboxylic acids is 1. The van der Waals surface area contributed by atoms with Crippen molar-refractivity contribution >= 4 is 5.97 Å². The second kappa shape index (κ2) is 15.4. The van der Waals surface area contributed by atoms with Gasteiger partial charge >= 0.3 is 5.97 Å². The molecular weight excluding hydrogens is 288 g/mol. The highest BCUT2D eigenvalue weighted by molar-refractivity contribution is 5.72. The monoisotopic (exact) mass is 320 g/mol. The van der Waals surface area contributed by atoms with E-state index < -0.39 is 12.1 Å². The van der Waals surface area contributed by atoms with Crippen molar-refractivity contribution in [3.63, 3.8) is 0 Å². The molecule has 3 nitrogen and oxygen atoms in total. The molecule has 2 unspecified atom stereocenters. The van der Waals surface area contributed by atoms with Gasteiger partial charge in [-0.1, -0.05) is 50.2 Å². The molecule has 0 rings (SSSR count). The van der Waals surface area contributed by atoms with Crippen molar-refractivity contribution in [2.24, 2.45) is 5.92 Å². The summed E-state index contributed by atoms with van der Waals surface area (Å²) in [6.45, 7) is 6.07. The van der Waals surface area contributed by atoms with Crippen LogP contribution in [0.2, 0.25) is 0 Å². The molecule has 130 valence electrons. The van der Waals surface area contributed by atoms with Crippen LogP contribution in [0.3, 0.4) is 0 Å². The minimum Gasteiger partial charge on any atom is -0.479 e. The molecule has 1 N–H and O–H groups in total. The maximum atomic E-state index is 10.7. The van der Waals surface area contributed by atoms with E-state index in [0.29, 0.717) is 12.8 Å². The number of carboxylic acid groups (broad SMARTS) is 1. The highest BCUT2D eigenvalue weighted by Crippen LogP contribution is 2.16. The Hall–Kier alpha value is -1.53. The summed E-state index contributed by atoms with van der Waals surface area (Å²) in [6, 6.07) is 0. The number of hydrogen-bond acceptors (Lipinski definition) is 2. The van der Waals surface area contributed by atoms with Crippen LogP contribution in [0.4, 0.5) is 0 Å². The summed E-state index contributed by atoms with van der Waals surface area (Å²) in [6.07, 6.45) is 14.7. The van der Waals surface area contributed by atoms with Crippen LogP contribution in [-0.4, -0.2) is 24.3 Å². The van der Waals surface area contributed by atoms with E-state index in [1.165, 1.54) is 39.2 Å². The quantitative estimate of drug-likeness (QED) is 0.296.